The van der Waals surface area contributed by atoms with Crippen molar-refractivity contribution < 1.29 is 18.7 Å². The average molecular weight is 436 g/mol. The molecule has 1 amide bonds. The van der Waals surface area contributed by atoms with Crippen molar-refractivity contribution in [2.24, 2.45) is 29.6 Å². The average Bonchev–Trinajstić information content (AvgIpc) is 3.34. The van der Waals surface area contributed by atoms with Crippen LogP contribution in [-0.4, -0.2) is 23.1 Å². The third-order valence-electron chi connectivity index (χ3n) is 7.94. The van der Waals surface area contributed by atoms with E-state index in [2.05, 4.69) is 11.4 Å². The molecule has 4 bridgehead atoms. The van der Waals surface area contributed by atoms with E-state index in [4.69, 9.17) is 9.15 Å². The molecule has 32 heavy (non-hydrogen) atoms. The highest BCUT2D eigenvalue weighted by Crippen LogP contribution is 2.56. The van der Waals surface area contributed by atoms with Crippen LogP contribution in [0.2, 0.25) is 0 Å². The number of carbonyl (C=O) groups is 2. The summed E-state index contributed by atoms with van der Waals surface area (Å²) in [5.41, 5.74) is 2.09. The predicted molar refractivity (Wildman–Crippen MR) is 117 cm³/mol. The first-order valence-electron chi connectivity index (χ1n) is 11.5. The van der Waals surface area contributed by atoms with Gasteiger partial charge < -0.3 is 19.0 Å². The first-order valence-corrected chi connectivity index (χ1v) is 11.5. The molecule has 4 aliphatic rings. The van der Waals surface area contributed by atoms with Crippen LogP contribution in [0.1, 0.15) is 54.7 Å². The van der Waals surface area contributed by atoms with Crippen molar-refractivity contribution in [3.8, 4) is 6.07 Å². The van der Waals surface area contributed by atoms with E-state index < -0.39 is 5.91 Å². The van der Waals surface area contributed by atoms with Gasteiger partial charge in [0.05, 0.1) is 24.3 Å². The largest absolute Gasteiger partial charge is 0.467 e. The zero-order chi connectivity index (χ0) is 22.4. The molecule has 7 nitrogen and oxygen atoms in total. The quantitative estimate of drug-likeness (QED) is 0.687. The molecule has 0 atom stereocenters. The lowest BCUT2D eigenvalue weighted by Crippen LogP contribution is -2.48. The summed E-state index contributed by atoms with van der Waals surface area (Å²) in [6, 6.07) is 5.83. The molecule has 2 aromatic rings. The van der Waals surface area contributed by atoms with Gasteiger partial charge in [-0.3, -0.25) is 9.59 Å². The Morgan fingerprint density at radius 3 is 2.47 bits per heavy atom. The van der Waals surface area contributed by atoms with Gasteiger partial charge in [-0.2, -0.15) is 5.26 Å². The van der Waals surface area contributed by atoms with Crippen molar-refractivity contribution in [1.82, 2.24) is 4.57 Å². The van der Waals surface area contributed by atoms with Gasteiger partial charge in [-0.1, -0.05) is 0 Å². The van der Waals surface area contributed by atoms with E-state index >= 15 is 0 Å². The minimum Gasteiger partial charge on any atom is -0.467 e. The molecule has 4 saturated carbocycles. The fraction of sp³-hybridized carbons (Fsp3) is 0.560. The molecule has 6 rings (SSSR count). The molecular weight excluding hydrogens is 406 g/mol. The van der Waals surface area contributed by atoms with Crippen LogP contribution < -0.4 is 5.32 Å². The number of nitrogens with one attached hydrogen (secondary N) is 1. The highest BCUT2D eigenvalue weighted by Gasteiger charge is 2.51. The van der Waals surface area contributed by atoms with Crippen LogP contribution in [0.5, 0.6) is 0 Å². The minimum absolute atomic E-state index is 0.0578. The van der Waals surface area contributed by atoms with Crippen molar-refractivity contribution >= 4 is 17.7 Å². The van der Waals surface area contributed by atoms with Crippen molar-refractivity contribution in [2.45, 2.75) is 52.5 Å². The molecule has 4 aliphatic carbocycles. The third kappa shape index (κ3) is 3.62. The molecule has 0 radical (unpaired) electrons. The van der Waals surface area contributed by atoms with Gasteiger partial charge in [0, 0.05) is 5.69 Å². The van der Waals surface area contributed by atoms with Gasteiger partial charge in [-0.25, -0.2) is 0 Å². The fourth-order valence-corrected chi connectivity index (χ4v) is 6.60. The van der Waals surface area contributed by atoms with Crippen molar-refractivity contribution in [3.63, 3.8) is 0 Å². The van der Waals surface area contributed by atoms with Crippen LogP contribution in [-0.2, 0) is 20.9 Å². The first-order chi connectivity index (χ1) is 15.4. The Morgan fingerprint density at radius 1 is 1.19 bits per heavy atom. The summed E-state index contributed by atoms with van der Waals surface area (Å²) >= 11 is 0. The molecule has 2 heterocycles. The topological polar surface area (TPSA) is 97.3 Å². The van der Waals surface area contributed by atoms with Gasteiger partial charge in [-0.15, -0.1) is 0 Å². The highest BCUT2D eigenvalue weighted by atomic mass is 16.5. The Bertz CT molecular complexity index is 1050. The van der Waals surface area contributed by atoms with Gasteiger partial charge in [0.15, 0.2) is 6.61 Å². The van der Waals surface area contributed by atoms with Crippen LogP contribution in [0.15, 0.2) is 22.8 Å². The van der Waals surface area contributed by atoms with E-state index in [1.54, 1.807) is 12.3 Å². The Kier molecular flexibility index (Phi) is 5.32. The maximum absolute atomic E-state index is 12.9. The van der Waals surface area contributed by atoms with E-state index in [-0.39, 0.29) is 18.5 Å². The number of furan rings is 1. The molecule has 7 heteroatoms. The molecule has 0 aromatic carbocycles. The molecule has 4 fully saturated rings. The lowest BCUT2D eigenvalue weighted by molar-refractivity contribution is -0.164. The monoisotopic (exact) mass is 435 g/mol. The first kappa shape index (κ1) is 20.9. The van der Waals surface area contributed by atoms with Gasteiger partial charge in [0.2, 0.25) is 0 Å². The summed E-state index contributed by atoms with van der Waals surface area (Å²) in [6.07, 6.45) is 7.43. The van der Waals surface area contributed by atoms with Gasteiger partial charge in [0.1, 0.15) is 17.6 Å². The molecule has 0 saturated heterocycles. The number of hydrogen-bond acceptors (Lipinski definition) is 5. The van der Waals surface area contributed by atoms with E-state index in [0.717, 1.165) is 54.5 Å². The Labute approximate surface area is 187 Å². The number of esters is 1. The van der Waals surface area contributed by atoms with E-state index in [0.29, 0.717) is 29.8 Å². The van der Waals surface area contributed by atoms with Gasteiger partial charge >= 0.3 is 5.97 Å². The molecule has 168 valence electrons. The summed E-state index contributed by atoms with van der Waals surface area (Å²) in [6.45, 7) is 3.82. The number of hydrogen-bond donors (Lipinski definition) is 1. The number of aromatic nitrogens is 1. The van der Waals surface area contributed by atoms with Crippen molar-refractivity contribution in [3.05, 3.63) is 41.0 Å². The Morgan fingerprint density at radius 2 is 1.88 bits per heavy atom. The maximum Gasteiger partial charge on any atom is 0.310 e. The predicted octanol–water partition coefficient (Wildman–Crippen LogP) is 4.17. The molecule has 0 aliphatic heterocycles. The van der Waals surface area contributed by atoms with Crippen LogP contribution in [0.25, 0.3) is 0 Å². The number of rotatable bonds is 6. The molecular formula is C25H29N3O4. The fourth-order valence-electron chi connectivity index (χ4n) is 6.60. The second kappa shape index (κ2) is 8.16. The van der Waals surface area contributed by atoms with Gasteiger partial charge in [0.25, 0.3) is 5.91 Å². The third-order valence-corrected chi connectivity index (χ3v) is 7.94. The lowest BCUT2D eigenvalue weighted by Gasteiger charge is -2.53. The van der Waals surface area contributed by atoms with E-state index in [1.165, 1.54) is 6.42 Å². The van der Waals surface area contributed by atoms with Crippen LogP contribution >= 0.6 is 0 Å². The highest BCUT2D eigenvalue weighted by molar-refractivity contribution is 5.94. The normalized spacial score (nSPS) is 27.8. The molecule has 0 spiro atoms. The smallest absolute Gasteiger partial charge is 0.310 e. The maximum atomic E-state index is 12.9. The summed E-state index contributed by atoms with van der Waals surface area (Å²) in [7, 11) is 0. The second-order valence-corrected chi connectivity index (χ2v) is 9.82. The summed E-state index contributed by atoms with van der Waals surface area (Å²) in [5, 5.41) is 12.5. The zero-order valence-electron chi connectivity index (χ0n) is 18.6. The summed E-state index contributed by atoms with van der Waals surface area (Å²) in [4.78, 5) is 25.6. The molecule has 2 aromatic heterocycles. The number of ether oxygens (including phenoxy) is 1. The standard InChI is InChI=1S/C25H29N3O4/c1-14-15(2)28(12-20-4-3-5-31-20)24(21(14)11-26)27-22(29)13-32-25(30)23-18-7-16-6-17(9-18)10-19(23)8-16/h3-5,16-19,23H,6-10,12-13H2,1-2H3,(H,27,29). The lowest BCUT2D eigenvalue weighted by atomic mass is 9.52. The molecule has 1 N–H and O–H groups in total. The van der Waals surface area contributed by atoms with Crippen LogP contribution in [0, 0.1) is 54.8 Å². The van der Waals surface area contributed by atoms with Crippen LogP contribution in [0.4, 0.5) is 5.82 Å². The molecule has 0 unspecified atom stereocenters. The van der Waals surface area contributed by atoms with Crippen molar-refractivity contribution in [1.29, 1.82) is 5.26 Å². The number of anilines is 1. The number of amides is 1. The van der Waals surface area contributed by atoms with E-state index in [1.807, 2.05) is 24.5 Å². The Balaban J connectivity index is 1.26. The Hall–Kier alpha value is -3.01. The number of nitrogens with zero attached hydrogens (tertiary/aromatic N) is 2. The van der Waals surface area contributed by atoms with Gasteiger partial charge in [-0.05, 0) is 87.3 Å². The zero-order valence-corrected chi connectivity index (χ0v) is 18.6. The number of carbonyl (C=O) groups excluding carboxylic acids is 2. The second-order valence-electron chi connectivity index (χ2n) is 9.82. The van der Waals surface area contributed by atoms with E-state index in [9.17, 15) is 14.9 Å². The number of nitriles is 1. The van der Waals surface area contributed by atoms with Crippen molar-refractivity contribution in [2.75, 3.05) is 11.9 Å². The summed E-state index contributed by atoms with van der Waals surface area (Å²) < 4.78 is 12.8. The SMILES string of the molecule is Cc1c(C#N)c(NC(=O)COC(=O)C2C3CC4CC(C3)CC2C4)n(Cc2ccco2)c1C. The minimum atomic E-state index is -0.433. The summed E-state index contributed by atoms with van der Waals surface area (Å²) in [5.74, 6) is 2.81. The van der Waals surface area contributed by atoms with Crippen LogP contribution in [0.3, 0.4) is 0 Å².